The Hall–Kier alpha value is -2.79. The summed E-state index contributed by atoms with van der Waals surface area (Å²) in [6, 6.07) is 12.9. The Balaban J connectivity index is 1.61. The van der Waals surface area contributed by atoms with Crippen molar-refractivity contribution in [1.82, 2.24) is 4.90 Å². The number of halogens is 1. The number of methoxy groups -OCH3 is 1. The Labute approximate surface area is 188 Å². The van der Waals surface area contributed by atoms with Crippen LogP contribution in [0.25, 0.3) is 6.08 Å². The molecule has 1 heterocycles. The molecule has 0 unspecified atom stereocenters. The highest BCUT2D eigenvalue weighted by Crippen LogP contribution is 2.37. The lowest BCUT2D eigenvalue weighted by Crippen LogP contribution is -2.39. The smallest absolute Gasteiger partial charge is 0.246 e. The molecule has 0 atom stereocenters. The molecular weight excluding hydrogens is 414 g/mol. The number of amides is 1. The van der Waals surface area contributed by atoms with E-state index < -0.39 is 0 Å². The van der Waals surface area contributed by atoms with Gasteiger partial charge in [-0.25, -0.2) is 0 Å². The van der Waals surface area contributed by atoms with Crippen molar-refractivity contribution in [3.8, 4) is 11.5 Å². The summed E-state index contributed by atoms with van der Waals surface area (Å²) in [5, 5.41) is 0.431. The second-order valence-corrected chi connectivity index (χ2v) is 8.27. The van der Waals surface area contributed by atoms with Gasteiger partial charge in [0, 0.05) is 30.6 Å². The number of piperidine rings is 1. The standard InChI is InChI=1S/C25H28ClNO4/c1-17(2)31-25-21(26)15-18(16-22(25)30-3)9-10-23(28)27-13-11-20(12-14-27)24(29)19-7-5-4-6-8-19/h4-10,15-17,20H,11-14H2,1-3H3/b10-9+. The number of carbonyl (C=O) groups is 2. The quantitative estimate of drug-likeness (QED) is 0.433. The van der Waals surface area contributed by atoms with Gasteiger partial charge < -0.3 is 14.4 Å². The van der Waals surface area contributed by atoms with Gasteiger partial charge in [-0.3, -0.25) is 9.59 Å². The molecule has 6 heteroatoms. The number of nitrogens with zero attached hydrogens (tertiary/aromatic N) is 1. The van der Waals surface area contributed by atoms with Gasteiger partial charge in [0.2, 0.25) is 5.91 Å². The van der Waals surface area contributed by atoms with Crippen molar-refractivity contribution in [1.29, 1.82) is 0 Å². The van der Waals surface area contributed by atoms with Crippen LogP contribution >= 0.6 is 11.6 Å². The molecule has 164 valence electrons. The zero-order valence-electron chi connectivity index (χ0n) is 18.1. The molecule has 2 aromatic carbocycles. The summed E-state index contributed by atoms with van der Waals surface area (Å²) in [4.78, 5) is 27.0. The number of carbonyl (C=O) groups excluding carboxylic acids is 2. The molecule has 0 spiro atoms. The van der Waals surface area contributed by atoms with E-state index in [4.69, 9.17) is 21.1 Å². The van der Waals surface area contributed by atoms with Crippen molar-refractivity contribution in [3.63, 3.8) is 0 Å². The minimum absolute atomic E-state index is 0.0352. The Morgan fingerprint density at radius 3 is 2.42 bits per heavy atom. The van der Waals surface area contributed by atoms with E-state index in [0.29, 0.717) is 42.5 Å². The van der Waals surface area contributed by atoms with Gasteiger partial charge in [-0.15, -0.1) is 0 Å². The first kappa shape index (κ1) is 22.9. The number of ether oxygens (including phenoxy) is 2. The van der Waals surface area contributed by atoms with Crippen LogP contribution in [-0.2, 0) is 4.79 Å². The molecule has 0 bridgehead atoms. The highest BCUT2D eigenvalue weighted by Gasteiger charge is 2.27. The van der Waals surface area contributed by atoms with Crippen LogP contribution in [0.5, 0.6) is 11.5 Å². The van der Waals surface area contributed by atoms with Crippen LogP contribution in [-0.4, -0.2) is 42.9 Å². The molecule has 31 heavy (non-hydrogen) atoms. The summed E-state index contributed by atoms with van der Waals surface area (Å²) in [5.74, 6) is 1.06. The molecule has 1 amide bonds. The fourth-order valence-electron chi connectivity index (χ4n) is 3.66. The second kappa shape index (κ2) is 10.5. The summed E-state index contributed by atoms with van der Waals surface area (Å²) >= 11 is 6.35. The summed E-state index contributed by atoms with van der Waals surface area (Å²) in [6.45, 7) is 4.97. The third-order valence-corrected chi connectivity index (χ3v) is 5.54. The van der Waals surface area contributed by atoms with E-state index in [0.717, 1.165) is 11.1 Å². The molecule has 0 aliphatic carbocycles. The van der Waals surface area contributed by atoms with Gasteiger partial charge in [0.1, 0.15) is 0 Å². The zero-order valence-corrected chi connectivity index (χ0v) is 18.9. The van der Waals surface area contributed by atoms with E-state index in [1.54, 1.807) is 30.2 Å². The third kappa shape index (κ3) is 5.88. The van der Waals surface area contributed by atoms with Crippen molar-refractivity contribution < 1.29 is 19.1 Å². The second-order valence-electron chi connectivity index (χ2n) is 7.86. The van der Waals surface area contributed by atoms with E-state index >= 15 is 0 Å². The molecule has 0 aromatic heterocycles. The van der Waals surface area contributed by atoms with Gasteiger partial charge in [0.15, 0.2) is 17.3 Å². The van der Waals surface area contributed by atoms with Crippen LogP contribution in [0.15, 0.2) is 48.5 Å². The largest absolute Gasteiger partial charge is 0.493 e. The van der Waals surface area contributed by atoms with Crippen molar-refractivity contribution in [2.24, 2.45) is 5.92 Å². The number of ketones is 1. The summed E-state index contributed by atoms with van der Waals surface area (Å²) in [7, 11) is 1.55. The summed E-state index contributed by atoms with van der Waals surface area (Å²) < 4.78 is 11.1. The Morgan fingerprint density at radius 2 is 1.81 bits per heavy atom. The lowest BCUT2D eigenvalue weighted by atomic mass is 9.89. The SMILES string of the molecule is COc1cc(/C=C/C(=O)N2CCC(C(=O)c3ccccc3)CC2)cc(Cl)c1OC(C)C. The molecule has 1 fully saturated rings. The molecule has 0 radical (unpaired) electrons. The first-order chi connectivity index (χ1) is 14.9. The lowest BCUT2D eigenvalue weighted by molar-refractivity contribution is -0.127. The van der Waals surface area contributed by atoms with Crippen molar-refractivity contribution >= 4 is 29.4 Å². The number of Topliss-reactive ketones (excluding diaryl/α,β-unsaturated/α-hetero) is 1. The zero-order chi connectivity index (χ0) is 22.4. The van der Waals surface area contributed by atoms with Crippen molar-refractivity contribution in [3.05, 3.63) is 64.7 Å². The third-order valence-electron chi connectivity index (χ3n) is 5.26. The number of hydrogen-bond acceptors (Lipinski definition) is 4. The molecular formula is C25H28ClNO4. The van der Waals surface area contributed by atoms with Gasteiger partial charge in [0.05, 0.1) is 18.2 Å². The van der Waals surface area contributed by atoms with Crippen LogP contribution in [0.3, 0.4) is 0 Å². The Bertz CT molecular complexity index is 947. The fourth-order valence-corrected chi connectivity index (χ4v) is 3.92. The number of rotatable bonds is 7. The van der Waals surface area contributed by atoms with E-state index in [-0.39, 0.29) is 23.7 Å². The normalized spacial score (nSPS) is 14.8. The van der Waals surface area contributed by atoms with Crippen molar-refractivity contribution in [2.45, 2.75) is 32.8 Å². The van der Waals surface area contributed by atoms with Gasteiger partial charge in [-0.2, -0.15) is 0 Å². The van der Waals surface area contributed by atoms with Gasteiger partial charge in [-0.05, 0) is 50.5 Å². The summed E-state index contributed by atoms with van der Waals surface area (Å²) in [6.07, 6.45) is 4.57. The van der Waals surface area contributed by atoms with E-state index in [9.17, 15) is 9.59 Å². The van der Waals surface area contributed by atoms with Gasteiger partial charge in [0.25, 0.3) is 0 Å². The molecule has 3 rings (SSSR count). The topological polar surface area (TPSA) is 55.8 Å². The average Bonchev–Trinajstić information content (AvgIpc) is 2.78. The maximum absolute atomic E-state index is 12.6. The van der Waals surface area contributed by atoms with Gasteiger partial charge >= 0.3 is 0 Å². The van der Waals surface area contributed by atoms with Crippen LogP contribution in [0, 0.1) is 5.92 Å². The highest BCUT2D eigenvalue weighted by molar-refractivity contribution is 6.32. The molecule has 0 saturated carbocycles. The monoisotopic (exact) mass is 441 g/mol. The Kier molecular flexibility index (Phi) is 7.75. The van der Waals surface area contributed by atoms with Crippen LogP contribution in [0.2, 0.25) is 5.02 Å². The first-order valence-corrected chi connectivity index (χ1v) is 10.9. The average molecular weight is 442 g/mol. The highest BCUT2D eigenvalue weighted by atomic mass is 35.5. The number of hydrogen-bond donors (Lipinski definition) is 0. The number of likely N-dealkylation sites (tertiary alicyclic amines) is 1. The predicted molar refractivity (Wildman–Crippen MR) is 123 cm³/mol. The maximum Gasteiger partial charge on any atom is 0.246 e. The molecule has 0 N–H and O–H groups in total. The lowest BCUT2D eigenvalue weighted by Gasteiger charge is -2.30. The molecule has 1 aliphatic heterocycles. The molecule has 2 aromatic rings. The van der Waals surface area contributed by atoms with E-state index in [1.165, 1.54) is 6.08 Å². The molecule has 1 saturated heterocycles. The fraction of sp³-hybridized carbons (Fsp3) is 0.360. The van der Waals surface area contributed by atoms with Crippen LogP contribution in [0.1, 0.15) is 42.6 Å². The maximum atomic E-state index is 12.6. The summed E-state index contributed by atoms with van der Waals surface area (Å²) in [5.41, 5.74) is 1.49. The Morgan fingerprint density at radius 1 is 1.13 bits per heavy atom. The molecule has 5 nitrogen and oxygen atoms in total. The number of benzene rings is 2. The van der Waals surface area contributed by atoms with Crippen LogP contribution in [0.4, 0.5) is 0 Å². The minimum atomic E-state index is -0.0804. The van der Waals surface area contributed by atoms with Gasteiger partial charge in [-0.1, -0.05) is 41.9 Å². The first-order valence-electron chi connectivity index (χ1n) is 10.5. The van der Waals surface area contributed by atoms with Crippen LogP contribution < -0.4 is 9.47 Å². The predicted octanol–water partition coefficient (Wildman–Crippen LogP) is 5.27. The van der Waals surface area contributed by atoms with Crippen molar-refractivity contribution in [2.75, 3.05) is 20.2 Å². The van der Waals surface area contributed by atoms with E-state index in [2.05, 4.69) is 0 Å². The molecule has 1 aliphatic rings. The van der Waals surface area contributed by atoms with E-state index in [1.807, 2.05) is 44.2 Å². The minimum Gasteiger partial charge on any atom is -0.493 e.